The number of nitriles is 1. The largest absolute Gasteiger partial charge is 0.495 e. The van der Waals surface area contributed by atoms with Gasteiger partial charge >= 0.3 is 5.97 Å². The average Bonchev–Trinajstić information content (AvgIpc) is 3.36. The molecule has 1 N–H and O–H groups in total. The van der Waals surface area contributed by atoms with E-state index in [1.807, 2.05) is 20.8 Å². The summed E-state index contributed by atoms with van der Waals surface area (Å²) in [6.45, 7) is 6.96. The summed E-state index contributed by atoms with van der Waals surface area (Å²) in [5, 5.41) is 13.9. The SMILES string of the molecule is COCCOCCOC(=O)c1ccc(NC(=O)[C@@H]2C[C@@H](CC(C)(C)C)[C@](C#N)(c3ccc(Cl)cc3F)[C@H]2c2cccc(Cl)c2F)c(OC)c1.Cl. The normalized spacial score (nSPS) is 20.0. The number of hydrogen-bond acceptors (Lipinski definition) is 7. The molecule has 0 saturated heterocycles. The fraction of sp³-hybridized carbons (Fsp3) is 0.432. The van der Waals surface area contributed by atoms with Gasteiger partial charge in [0.15, 0.2) is 0 Å². The molecular weight excluding hydrogens is 713 g/mol. The van der Waals surface area contributed by atoms with Crippen molar-refractivity contribution in [1.82, 2.24) is 0 Å². The first kappa shape index (κ1) is 41.0. The van der Waals surface area contributed by atoms with Crippen LogP contribution in [0.4, 0.5) is 14.5 Å². The van der Waals surface area contributed by atoms with E-state index in [1.165, 1.54) is 49.6 Å². The molecule has 1 aliphatic rings. The molecule has 3 aromatic carbocycles. The highest BCUT2D eigenvalue weighted by atomic mass is 35.5. The Labute approximate surface area is 307 Å². The smallest absolute Gasteiger partial charge is 0.338 e. The van der Waals surface area contributed by atoms with Crippen LogP contribution in [0.3, 0.4) is 0 Å². The third-order valence-electron chi connectivity index (χ3n) is 8.74. The van der Waals surface area contributed by atoms with Crippen LogP contribution in [-0.2, 0) is 24.4 Å². The molecule has 0 spiro atoms. The van der Waals surface area contributed by atoms with Gasteiger partial charge < -0.3 is 24.3 Å². The van der Waals surface area contributed by atoms with Crippen LogP contribution < -0.4 is 10.1 Å². The number of nitrogens with zero attached hydrogens (tertiary/aromatic N) is 1. The number of esters is 1. The first-order chi connectivity index (χ1) is 23.3. The Morgan fingerprint density at radius 1 is 1.02 bits per heavy atom. The van der Waals surface area contributed by atoms with Crippen molar-refractivity contribution >= 4 is 53.2 Å². The summed E-state index contributed by atoms with van der Waals surface area (Å²) in [6, 6.07) is 15.2. The molecule has 0 heterocycles. The quantitative estimate of drug-likeness (QED) is 0.137. The average molecular weight is 754 g/mol. The number of benzene rings is 3. The van der Waals surface area contributed by atoms with Crippen molar-refractivity contribution in [2.24, 2.45) is 17.3 Å². The van der Waals surface area contributed by atoms with Crippen LogP contribution >= 0.6 is 35.6 Å². The van der Waals surface area contributed by atoms with E-state index < -0.39 is 46.7 Å². The van der Waals surface area contributed by atoms with Gasteiger partial charge in [-0.15, -0.1) is 12.4 Å². The monoisotopic (exact) mass is 752 g/mol. The van der Waals surface area contributed by atoms with Crippen molar-refractivity contribution in [2.45, 2.75) is 44.9 Å². The van der Waals surface area contributed by atoms with Crippen LogP contribution in [0.1, 0.15) is 61.0 Å². The zero-order chi connectivity index (χ0) is 35.9. The highest BCUT2D eigenvalue weighted by Crippen LogP contribution is 2.61. The van der Waals surface area contributed by atoms with Gasteiger partial charge in [-0.3, -0.25) is 4.79 Å². The molecule has 0 bridgehead atoms. The number of carbonyl (C=O) groups excluding carboxylic acids is 2. The number of halogens is 5. The van der Waals surface area contributed by atoms with Crippen LogP contribution in [0, 0.1) is 40.2 Å². The molecular formula is C37H41Cl3F2N2O6. The molecule has 270 valence electrons. The Hall–Kier alpha value is -3.46. The predicted octanol–water partition coefficient (Wildman–Crippen LogP) is 8.78. The van der Waals surface area contributed by atoms with Crippen LogP contribution in [0.2, 0.25) is 10.0 Å². The highest BCUT2D eigenvalue weighted by molar-refractivity contribution is 6.31. The Bertz CT molecular complexity index is 1710. The van der Waals surface area contributed by atoms with E-state index in [2.05, 4.69) is 11.4 Å². The van der Waals surface area contributed by atoms with Crippen molar-refractivity contribution in [1.29, 1.82) is 5.26 Å². The van der Waals surface area contributed by atoms with Gasteiger partial charge in [0.1, 0.15) is 24.0 Å². The van der Waals surface area contributed by atoms with Gasteiger partial charge in [-0.2, -0.15) is 5.26 Å². The lowest BCUT2D eigenvalue weighted by Crippen LogP contribution is -2.39. The van der Waals surface area contributed by atoms with Gasteiger partial charge in [0.2, 0.25) is 5.91 Å². The van der Waals surface area contributed by atoms with E-state index in [0.29, 0.717) is 19.6 Å². The molecule has 1 fully saturated rings. The van der Waals surface area contributed by atoms with Crippen molar-refractivity contribution in [3.63, 3.8) is 0 Å². The fourth-order valence-electron chi connectivity index (χ4n) is 6.77. The molecule has 1 amide bonds. The van der Waals surface area contributed by atoms with E-state index in [1.54, 1.807) is 13.2 Å². The molecule has 0 radical (unpaired) electrons. The lowest BCUT2D eigenvalue weighted by molar-refractivity contribution is -0.120. The molecule has 0 aromatic heterocycles. The maximum absolute atomic E-state index is 16.0. The molecule has 1 saturated carbocycles. The zero-order valence-corrected chi connectivity index (χ0v) is 30.8. The standard InChI is InChI=1S/C37H40Cl2F2N2O6.ClH/c1-36(2,3)20-23-18-26(34(44)43-30-12-9-22(17-31(30)47-5)35(45)49-16-15-48-14-13-46-4)32(25-7-6-8-28(39)33(25)41)37(23,21-42)27-11-10-24(38)19-29(27)40;/h6-12,17,19,23,26,32H,13-16,18,20H2,1-5H3,(H,43,44);1H/t23-,26+,32-,37+;/m0./s1. The molecule has 50 heavy (non-hydrogen) atoms. The maximum atomic E-state index is 16.0. The topological polar surface area (TPSA) is 107 Å². The third-order valence-corrected chi connectivity index (χ3v) is 9.26. The van der Waals surface area contributed by atoms with E-state index in [0.717, 1.165) is 6.07 Å². The van der Waals surface area contributed by atoms with Gasteiger partial charge in [0.05, 0.1) is 54.7 Å². The van der Waals surface area contributed by atoms with Crippen molar-refractivity contribution in [3.8, 4) is 11.8 Å². The summed E-state index contributed by atoms with van der Waals surface area (Å²) in [4.78, 5) is 27.0. The summed E-state index contributed by atoms with van der Waals surface area (Å²) in [5.41, 5.74) is -1.56. The lowest BCUT2D eigenvalue weighted by atomic mass is 9.62. The number of ether oxygens (including phenoxy) is 4. The van der Waals surface area contributed by atoms with Crippen LogP contribution in [0.25, 0.3) is 0 Å². The second-order valence-corrected chi connectivity index (χ2v) is 14.0. The molecule has 0 aliphatic heterocycles. The van der Waals surface area contributed by atoms with E-state index >= 15 is 8.78 Å². The molecule has 1 aliphatic carbocycles. The van der Waals surface area contributed by atoms with E-state index in [-0.39, 0.29) is 75.6 Å². The summed E-state index contributed by atoms with van der Waals surface area (Å²) >= 11 is 12.4. The maximum Gasteiger partial charge on any atom is 0.338 e. The minimum absolute atomic E-state index is 0. The number of carbonyl (C=O) groups is 2. The molecule has 4 atom stereocenters. The van der Waals surface area contributed by atoms with Crippen molar-refractivity contribution in [3.05, 3.63) is 93.0 Å². The van der Waals surface area contributed by atoms with E-state index in [9.17, 15) is 14.9 Å². The first-order valence-corrected chi connectivity index (χ1v) is 16.6. The Kier molecular flexibility index (Phi) is 14.5. The first-order valence-electron chi connectivity index (χ1n) is 15.8. The fourth-order valence-corrected chi connectivity index (χ4v) is 7.11. The Morgan fingerprint density at radius 2 is 1.74 bits per heavy atom. The number of amides is 1. The van der Waals surface area contributed by atoms with Gasteiger partial charge in [-0.25, -0.2) is 13.6 Å². The second-order valence-electron chi connectivity index (χ2n) is 13.2. The second kappa shape index (κ2) is 17.7. The summed E-state index contributed by atoms with van der Waals surface area (Å²) in [6.07, 6.45) is 0.553. The van der Waals surface area contributed by atoms with Crippen molar-refractivity contribution < 1.29 is 37.3 Å². The molecule has 3 aromatic rings. The van der Waals surface area contributed by atoms with Gasteiger partial charge in [-0.05, 0) is 66.1 Å². The zero-order valence-electron chi connectivity index (χ0n) is 28.5. The molecule has 13 heteroatoms. The van der Waals surface area contributed by atoms with Gasteiger partial charge in [-0.1, -0.05) is 62.2 Å². The summed E-state index contributed by atoms with van der Waals surface area (Å²) in [7, 11) is 2.94. The van der Waals surface area contributed by atoms with E-state index in [4.69, 9.17) is 42.1 Å². The number of rotatable bonds is 13. The molecule has 8 nitrogen and oxygen atoms in total. The number of nitrogens with one attached hydrogen (secondary N) is 1. The Morgan fingerprint density at radius 3 is 2.38 bits per heavy atom. The summed E-state index contributed by atoms with van der Waals surface area (Å²) in [5.74, 6) is -5.25. The minimum atomic E-state index is -1.68. The van der Waals surface area contributed by atoms with Gasteiger partial charge in [0.25, 0.3) is 0 Å². The molecule has 0 unspecified atom stereocenters. The highest BCUT2D eigenvalue weighted by Gasteiger charge is 2.61. The van der Waals surface area contributed by atoms with Crippen LogP contribution in [-0.4, -0.2) is 52.5 Å². The van der Waals surface area contributed by atoms with Crippen LogP contribution in [0.15, 0.2) is 54.6 Å². The van der Waals surface area contributed by atoms with Gasteiger partial charge in [0, 0.05) is 29.5 Å². The number of methoxy groups -OCH3 is 2. The predicted molar refractivity (Wildman–Crippen MR) is 190 cm³/mol. The molecule has 4 rings (SSSR count). The number of anilines is 1. The third kappa shape index (κ3) is 9.06. The van der Waals surface area contributed by atoms with Crippen LogP contribution in [0.5, 0.6) is 5.75 Å². The van der Waals surface area contributed by atoms with Crippen molar-refractivity contribution in [2.75, 3.05) is 46.0 Å². The Balaban J connectivity index is 0.00000676. The number of hydrogen-bond donors (Lipinski definition) is 1. The lowest BCUT2D eigenvalue weighted by Gasteiger charge is -2.38. The minimum Gasteiger partial charge on any atom is -0.495 e. The summed E-state index contributed by atoms with van der Waals surface area (Å²) < 4.78 is 52.9.